The predicted molar refractivity (Wildman–Crippen MR) is 31.0 cm³/mol. The Morgan fingerprint density at radius 1 is 1.50 bits per heavy atom. The van der Waals surface area contributed by atoms with Crippen molar-refractivity contribution in [1.82, 2.24) is 6.15 Å². The van der Waals surface area contributed by atoms with Crippen LogP contribution in [0.2, 0.25) is 0 Å². The molecule has 4 heteroatoms. The van der Waals surface area contributed by atoms with Crippen molar-refractivity contribution in [2.45, 2.75) is 0 Å². The minimum atomic E-state index is -1.19. The van der Waals surface area contributed by atoms with Gasteiger partial charge in [-0.15, -0.1) is 13.2 Å². The Kier molecular flexibility index (Phi) is 32.3. The zero-order valence-corrected chi connectivity index (χ0v) is 4.63. The summed E-state index contributed by atoms with van der Waals surface area (Å²) in [5.74, 6) is -1.19. The molecule has 0 aromatic rings. The fourth-order valence-corrected chi connectivity index (χ4v) is 0. The SMILES string of the molecule is C=C.N.O=C(O)CO. The van der Waals surface area contributed by atoms with Crippen LogP contribution in [0.5, 0.6) is 0 Å². The van der Waals surface area contributed by atoms with Gasteiger partial charge in [0.05, 0.1) is 0 Å². The highest BCUT2D eigenvalue weighted by Crippen LogP contribution is 1.48. The molecule has 0 radical (unpaired) electrons. The fourth-order valence-electron chi connectivity index (χ4n) is 0. The van der Waals surface area contributed by atoms with Crippen LogP contribution in [0.25, 0.3) is 0 Å². The van der Waals surface area contributed by atoms with Gasteiger partial charge in [-0.3, -0.25) is 0 Å². The lowest BCUT2D eigenvalue weighted by Gasteiger charge is -1.72. The van der Waals surface area contributed by atoms with Crippen LogP contribution in [0, 0.1) is 0 Å². The molecule has 5 N–H and O–H groups in total. The lowest BCUT2D eigenvalue weighted by molar-refractivity contribution is -0.140. The first-order valence-corrected chi connectivity index (χ1v) is 1.60. The highest BCUT2D eigenvalue weighted by Gasteiger charge is 1.82. The highest BCUT2D eigenvalue weighted by atomic mass is 16.4. The zero-order chi connectivity index (χ0) is 6.28. The number of hydrogen-bond acceptors (Lipinski definition) is 3. The first-order valence-electron chi connectivity index (χ1n) is 1.60. The minimum absolute atomic E-state index is 0. The molecule has 0 unspecified atom stereocenters. The maximum absolute atomic E-state index is 9.12. The van der Waals surface area contributed by atoms with Crippen LogP contribution >= 0.6 is 0 Å². The molecule has 0 saturated carbocycles. The van der Waals surface area contributed by atoms with Gasteiger partial charge < -0.3 is 16.4 Å². The summed E-state index contributed by atoms with van der Waals surface area (Å²) in [6.07, 6.45) is 0. The monoisotopic (exact) mass is 121 g/mol. The second-order valence-corrected chi connectivity index (χ2v) is 0.552. The summed E-state index contributed by atoms with van der Waals surface area (Å²) >= 11 is 0. The van der Waals surface area contributed by atoms with Gasteiger partial charge in [0.15, 0.2) is 0 Å². The number of aliphatic carboxylic acids is 1. The van der Waals surface area contributed by atoms with Crippen LogP contribution < -0.4 is 6.15 Å². The molecule has 0 aliphatic heterocycles. The van der Waals surface area contributed by atoms with Gasteiger partial charge in [0.2, 0.25) is 0 Å². The summed E-state index contributed by atoms with van der Waals surface area (Å²) in [6.45, 7) is 5.22. The van der Waals surface area contributed by atoms with E-state index >= 15 is 0 Å². The van der Waals surface area contributed by atoms with Crippen LogP contribution in [-0.4, -0.2) is 22.8 Å². The number of aliphatic hydroxyl groups is 1. The Labute approximate surface area is 48.0 Å². The van der Waals surface area contributed by atoms with Crippen molar-refractivity contribution in [1.29, 1.82) is 0 Å². The first kappa shape index (κ1) is 15.7. The van der Waals surface area contributed by atoms with Gasteiger partial charge in [0, 0.05) is 0 Å². The molecular weight excluding hydrogens is 110 g/mol. The number of aliphatic hydroxyl groups excluding tert-OH is 1. The lowest BCUT2D eigenvalue weighted by Crippen LogP contribution is -1.98. The molecule has 50 valence electrons. The van der Waals surface area contributed by atoms with E-state index in [0.29, 0.717) is 0 Å². The highest BCUT2D eigenvalue weighted by molar-refractivity contribution is 5.67. The van der Waals surface area contributed by atoms with E-state index in [1.807, 2.05) is 0 Å². The molecule has 0 rings (SSSR count). The number of hydrogen-bond donors (Lipinski definition) is 3. The van der Waals surface area contributed by atoms with Gasteiger partial charge in [0.1, 0.15) is 6.61 Å². The van der Waals surface area contributed by atoms with E-state index < -0.39 is 12.6 Å². The summed E-state index contributed by atoms with van der Waals surface area (Å²) in [4.78, 5) is 9.12. The Morgan fingerprint density at radius 2 is 1.62 bits per heavy atom. The van der Waals surface area contributed by atoms with E-state index in [2.05, 4.69) is 13.2 Å². The van der Waals surface area contributed by atoms with E-state index in [1.165, 1.54) is 0 Å². The molecule has 0 aliphatic rings. The first-order chi connectivity index (χ1) is 3.27. The molecule has 0 spiro atoms. The van der Waals surface area contributed by atoms with Crippen LogP contribution in [-0.2, 0) is 4.79 Å². The van der Waals surface area contributed by atoms with E-state index in [-0.39, 0.29) is 6.15 Å². The van der Waals surface area contributed by atoms with Gasteiger partial charge in [-0.25, -0.2) is 4.79 Å². The maximum Gasteiger partial charge on any atom is 0.329 e. The lowest BCUT2D eigenvalue weighted by atomic mass is 10.8. The third-order valence-electron chi connectivity index (χ3n) is 0.135. The van der Waals surface area contributed by atoms with E-state index in [0.717, 1.165) is 0 Å². The minimum Gasteiger partial charge on any atom is -0.480 e. The van der Waals surface area contributed by atoms with Crippen molar-refractivity contribution in [2.24, 2.45) is 0 Å². The van der Waals surface area contributed by atoms with Gasteiger partial charge in [0.25, 0.3) is 0 Å². The third-order valence-corrected chi connectivity index (χ3v) is 0.135. The molecule has 0 amide bonds. The van der Waals surface area contributed by atoms with Gasteiger partial charge in [-0.2, -0.15) is 0 Å². The smallest absolute Gasteiger partial charge is 0.329 e. The number of carboxylic acids is 1. The van der Waals surface area contributed by atoms with Gasteiger partial charge in [-0.1, -0.05) is 0 Å². The quantitative estimate of drug-likeness (QED) is 0.426. The maximum atomic E-state index is 9.12. The zero-order valence-electron chi connectivity index (χ0n) is 4.63. The topological polar surface area (TPSA) is 92.5 Å². The molecule has 0 aliphatic carbocycles. The van der Waals surface area contributed by atoms with Crippen LogP contribution in [0.3, 0.4) is 0 Å². The molecule has 0 fully saturated rings. The second-order valence-electron chi connectivity index (χ2n) is 0.552. The largest absolute Gasteiger partial charge is 0.480 e. The van der Waals surface area contributed by atoms with Crippen molar-refractivity contribution in [3.05, 3.63) is 13.2 Å². The molecule has 0 bridgehead atoms. The predicted octanol–water partition coefficient (Wildman–Crippen LogP) is 0.0275. The van der Waals surface area contributed by atoms with Gasteiger partial charge in [-0.05, 0) is 0 Å². The number of carboxylic acid groups (broad SMARTS) is 1. The Hall–Kier alpha value is -0.870. The van der Waals surface area contributed by atoms with Crippen LogP contribution in [0.4, 0.5) is 0 Å². The van der Waals surface area contributed by atoms with Crippen LogP contribution in [0.15, 0.2) is 13.2 Å². The third kappa shape index (κ3) is 68.5. The Morgan fingerprint density at radius 3 is 1.62 bits per heavy atom. The van der Waals surface area contributed by atoms with Crippen molar-refractivity contribution in [3.63, 3.8) is 0 Å². The Balaban J connectivity index is -0.0000000750. The fraction of sp³-hybridized carbons (Fsp3) is 0.250. The Bertz CT molecular complexity index is 55.2. The van der Waals surface area contributed by atoms with Crippen molar-refractivity contribution >= 4 is 5.97 Å². The molecule has 8 heavy (non-hydrogen) atoms. The number of carbonyl (C=O) groups is 1. The molecule has 0 heterocycles. The van der Waals surface area contributed by atoms with E-state index in [9.17, 15) is 0 Å². The summed E-state index contributed by atoms with van der Waals surface area (Å²) in [5, 5.41) is 15.0. The van der Waals surface area contributed by atoms with Crippen molar-refractivity contribution in [3.8, 4) is 0 Å². The standard InChI is InChI=1S/C2H4O3.C2H4.H3N/c3-1-2(4)5;1-2;/h3H,1H2,(H,4,5);1-2H2;1H3. The molecule has 0 aromatic carbocycles. The average Bonchev–Trinajstić information content (AvgIpc) is 1.73. The summed E-state index contributed by atoms with van der Waals surface area (Å²) in [5.41, 5.74) is 0. The summed E-state index contributed by atoms with van der Waals surface area (Å²) in [7, 11) is 0. The molecule has 0 saturated heterocycles. The molecule has 0 aromatic heterocycles. The average molecular weight is 121 g/mol. The molecular formula is C4H11NO3. The summed E-state index contributed by atoms with van der Waals surface area (Å²) in [6, 6.07) is 0. The van der Waals surface area contributed by atoms with E-state index in [1.54, 1.807) is 0 Å². The number of rotatable bonds is 1. The van der Waals surface area contributed by atoms with Gasteiger partial charge >= 0.3 is 5.97 Å². The summed E-state index contributed by atoms with van der Waals surface area (Å²) < 4.78 is 0. The molecule has 4 nitrogen and oxygen atoms in total. The molecule has 0 atom stereocenters. The van der Waals surface area contributed by atoms with Crippen LogP contribution in [0.1, 0.15) is 0 Å². The van der Waals surface area contributed by atoms with E-state index in [4.69, 9.17) is 15.0 Å². The van der Waals surface area contributed by atoms with Crippen molar-refractivity contribution in [2.75, 3.05) is 6.61 Å². The normalized spacial score (nSPS) is 5.12. The van der Waals surface area contributed by atoms with Crippen molar-refractivity contribution < 1.29 is 15.0 Å². The second kappa shape index (κ2) is 16.5.